The van der Waals surface area contributed by atoms with Crippen molar-refractivity contribution >= 4 is 33.6 Å². The van der Waals surface area contributed by atoms with Crippen LogP contribution in [-0.4, -0.2) is 23.1 Å². The van der Waals surface area contributed by atoms with E-state index in [1.54, 1.807) is 6.92 Å². The fraction of sp³-hybridized carbons (Fsp3) is 0.333. The van der Waals surface area contributed by atoms with Crippen molar-refractivity contribution in [2.24, 2.45) is 5.92 Å². The van der Waals surface area contributed by atoms with Crippen LogP contribution in [0.4, 0.5) is 14.9 Å². The molecular formula is C12H14BrFN2O3. The Morgan fingerprint density at radius 3 is 2.53 bits per heavy atom. The van der Waals surface area contributed by atoms with Crippen LogP contribution in [0, 0.1) is 11.7 Å². The van der Waals surface area contributed by atoms with Crippen molar-refractivity contribution in [3.8, 4) is 0 Å². The van der Waals surface area contributed by atoms with Crippen LogP contribution in [0.5, 0.6) is 0 Å². The second-order valence-electron chi connectivity index (χ2n) is 4.14. The van der Waals surface area contributed by atoms with Gasteiger partial charge in [0, 0.05) is 11.7 Å². The summed E-state index contributed by atoms with van der Waals surface area (Å²) >= 11 is 3.00. The van der Waals surface area contributed by atoms with E-state index < -0.39 is 29.8 Å². The van der Waals surface area contributed by atoms with Gasteiger partial charge in [-0.3, -0.25) is 4.79 Å². The largest absolute Gasteiger partial charge is 0.481 e. The van der Waals surface area contributed by atoms with E-state index in [9.17, 15) is 14.0 Å². The van der Waals surface area contributed by atoms with Crippen molar-refractivity contribution in [2.45, 2.75) is 19.9 Å². The molecule has 19 heavy (non-hydrogen) atoms. The molecule has 2 unspecified atom stereocenters. The van der Waals surface area contributed by atoms with E-state index in [-0.39, 0.29) is 5.69 Å². The van der Waals surface area contributed by atoms with Gasteiger partial charge in [-0.25, -0.2) is 9.18 Å². The molecule has 0 saturated carbocycles. The van der Waals surface area contributed by atoms with E-state index in [4.69, 9.17) is 5.11 Å². The zero-order valence-corrected chi connectivity index (χ0v) is 12.0. The SMILES string of the molecule is CC(NC(=O)Nc1ccc(Br)c(F)c1)C(C)C(=O)O. The van der Waals surface area contributed by atoms with E-state index in [0.717, 1.165) is 6.07 Å². The number of carbonyl (C=O) groups excluding carboxylic acids is 1. The van der Waals surface area contributed by atoms with Gasteiger partial charge in [0.05, 0.1) is 10.4 Å². The number of hydrogen-bond donors (Lipinski definition) is 3. The maximum atomic E-state index is 13.2. The number of carbonyl (C=O) groups is 2. The third kappa shape index (κ3) is 4.51. The molecule has 0 fully saturated rings. The Morgan fingerprint density at radius 1 is 1.37 bits per heavy atom. The molecule has 0 aliphatic carbocycles. The van der Waals surface area contributed by atoms with E-state index in [2.05, 4.69) is 26.6 Å². The number of carboxylic acid groups (broad SMARTS) is 1. The Bertz CT molecular complexity index is 496. The van der Waals surface area contributed by atoms with Gasteiger partial charge >= 0.3 is 12.0 Å². The van der Waals surface area contributed by atoms with E-state index >= 15 is 0 Å². The van der Waals surface area contributed by atoms with Gasteiger partial charge in [0.2, 0.25) is 0 Å². The second-order valence-corrected chi connectivity index (χ2v) is 5.00. The molecule has 7 heteroatoms. The molecule has 3 N–H and O–H groups in total. The lowest BCUT2D eigenvalue weighted by molar-refractivity contribution is -0.141. The second kappa shape index (κ2) is 6.51. The molecule has 0 radical (unpaired) electrons. The number of rotatable bonds is 4. The van der Waals surface area contributed by atoms with Crippen LogP contribution >= 0.6 is 15.9 Å². The summed E-state index contributed by atoms with van der Waals surface area (Å²) in [7, 11) is 0. The smallest absolute Gasteiger partial charge is 0.319 e. The van der Waals surface area contributed by atoms with Crippen LogP contribution in [-0.2, 0) is 4.79 Å². The summed E-state index contributed by atoms with van der Waals surface area (Å²) in [6.07, 6.45) is 0. The summed E-state index contributed by atoms with van der Waals surface area (Å²) < 4.78 is 13.5. The zero-order chi connectivity index (χ0) is 14.6. The van der Waals surface area contributed by atoms with Crippen molar-refractivity contribution in [3.05, 3.63) is 28.5 Å². The van der Waals surface area contributed by atoms with Gasteiger partial charge < -0.3 is 15.7 Å². The summed E-state index contributed by atoms with van der Waals surface area (Å²) in [4.78, 5) is 22.3. The lowest BCUT2D eigenvalue weighted by Gasteiger charge is -2.18. The third-order valence-corrected chi connectivity index (χ3v) is 3.32. The highest BCUT2D eigenvalue weighted by molar-refractivity contribution is 9.10. The van der Waals surface area contributed by atoms with Gasteiger partial charge in [0.25, 0.3) is 0 Å². The summed E-state index contributed by atoms with van der Waals surface area (Å²) in [5.41, 5.74) is 0.286. The first-order valence-corrected chi connectivity index (χ1v) is 6.36. The Kier molecular flexibility index (Phi) is 5.29. The molecule has 0 spiro atoms. The topological polar surface area (TPSA) is 78.4 Å². The highest BCUT2D eigenvalue weighted by Gasteiger charge is 2.20. The van der Waals surface area contributed by atoms with E-state index in [0.29, 0.717) is 4.47 Å². The van der Waals surface area contributed by atoms with Crippen molar-refractivity contribution in [1.82, 2.24) is 5.32 Å². The molecule has 0 aliphatic heterocycles. The van der Waals surface area contributed by atoms with Gasteiger partial charge in [-0.2, -0.15) is 0 Å². The third-order valence-electron chi connectivity index (χ3n) is 2.68. The van der Waals surface area contributed by atoms with Gasteiger partial charge in [-0.15, -0.1) is 0 Å². The first-order valence-electron chi connectivity index (χ1n) is 5.56. The quantitative estimate of drug-likeness (QED) is 0.793. The minimum Gasteiger partial charge on any atom is -0.481 e. The molecule has 1 rings (SSSR count). The lowest BCUT2D eigenvalue weighted by atomic mass is 10.0. The summed E-state index contributed by atoms with van der Waals surface area (Å²) in [6, 6.07) is 3.03. The molecule has 1 aromatic rings. The van der Waals surface area contributed by atoms with Crippen LogP contribution in [0.3, 0.4) is 0 Å². The number of urea groups is 1. The molecule has 5 nitrogen and oxygen atoms in total. The molecule has 2 atom stereocenters. The summed E-state index contributed by atoms with van der Waals surface area (Å²) in [6.45, 7) is 3.08. The monoisotopic (exact) mass is 332 g/mol. The van der Waals surface area contributed by atoms with E-state index in [1.165, 1.54) is 19.1 Å². The van der Waals surface area contributed by atoms with Crippen LogP contribution in [0.2, 0.25) is 0 Å². The molecule has 0 bridgehead atoms. The first kappa shape index (κ1) is 15.4. The molecule has 0 heterocycles. The molecule has 0 aliphatic rings. The molecular weight excluding hydrogens is 319 g/mol. The van der Waals surface area contributed by atoms with Crippen molar-refractivity contribution in [1.29, 1.82) is 0 Å². The fourth-order valence-corrected chi connectivity index (χ4v) is 1.53. The number of halogens is 2. The number of amides is 2. The molecule has 104 valence electrons. The number of anilines is 1. The number of nitrogens with one attached hydrogen (secondary N) is 2. The Labute approximate surface area is 118 Å². The van der Waals surface area contributed by atoms with Crippen LogP contribution < -0.4 is 10.6 Å². The molecule has 2 amide bonds. The van der Waals surface area contributed by atoms with Crippen LogP contribution in [0.15, 0.2) is 22.7 Å². The lowest BCUT2D eigenvalue weighted by Crippen LogP contribution is -2.42. The Morgan fingerprint density at radius 2 is 2.00 bits per heavy atom. The van der Waals surface area contributed by atoms with Gasteiger partial charge in [-0.1, -0.05) is 0 Å². The first-order chi connectivity index (χ1) is 8.81. The normalized spacial score (nSPS) is 13.5. The van der Waals surface area contributed by atoms with Crippen LogP contribution in [0.1, 0.15) is 13.8 Å². The highest BCUT2D eigenvalue weighted by atomic mass is 79.9. The van der Waals surface area contributed by atoms with Gasteiger partial charge in [-0.05, 0) is 48.0 Å². The Balaban J connectivity index is 2.60. The maximum absolute atomic E-state index is 13.2. The number of carboxylic acids is 1. The molecule has 1 aromatic carbocycles. The summed E-state index contributed by atoms with van der Waals surface area (Å²) in [5.74, 6) is -2.21. The minimum atomic E-state index is -0.998. The predicted molar refractivity (Wildman–Crippen MR) is 72.5 cm³/mol. The number of hydrogen-bond acceptors (Lipinski definition) is 2. The van der Waals surface area contributed by atoms with Crippen molar-refractivity contribution < 1.29 is 19.1 Å². The Hall–Kier alpha value is -1.63. The zero-order valence-electron chi connectivity index (χ0n) is 10.4. The standard InChI is InChI=1S/C12H14BrFN2O3/c1-6(11(17)18)7(2)15-12(19)16-8-3-4-9(13)10(14)5-8/h3-7H,1-2H3,(H,17,18)(H2,15,16,19). The molecule has 0 saturated heterocycles. The predicted octanol–water partition coefficient (Wildman–Crippen LogP) is 2.82. The van der Waals surface area contributed by atoms with Gasteiger partial charge in [0.1, 0.15) is 5.82 Å². The average Bonchev–Trinajstić information content (AvgIpc) is 2.32. The van der Waals surface area contributed by atoms with Crippen molar-refractivity contribution in [2.75, 3.05) is 5.32 Å². The highest BCUT2D eigenvalue weighted by Crippen LogP contribution is 2.19. The van der Waals surface area contributed by atoms with Crippen LogP contribution in [0.25, 0.3) is 0 Å². The van der Waals surface area contributed by atoms with Crippen molar-refractivity contribution in [3.63, 3.8) is 0 Å². The van der Waals surface area contributed by atoms with Gasteiger partial charge in [0.15, 0.2) is 0 Å². The summed E-state index contributed by atoms with van der Waals surface area (Å²) in [5, 5.41) is 13.7. The van der Waals surface area contributed by atoms with E-state index in [1.807, 2.05) is 0 Å². The molecule has 0 aromatic heterocycles. The maximum Gasteiger partial charge on any atom is 0.319 e. The average molecular weight is 333 g/mol. The number of aliphatic carboxylic acids is 1. The number of benzene rings is 1. The fourth-order valence-electron chi connectivity index (χ4n) is 1.29. The minimum absolute atomic E-state index is 0.286.